The Balaban J connectivity index is 2.30. The van der Waals surface area contributed by atoms with Crippen LogP contribution in [-0.4, -0.2) is 12.0 Å². The van der Waals surface area contributed by atoms with Crippen LogP contribution in [-0.2, 0) is 6.42 Å². The third kappa shape index (κ3) is 3.56. The molecular formula is C16H18ClFN2. The summed E-state index contributed by atoms with van der Waals surface area (Å²) in [7, 11) is 1.87. The second kappa shape index (κ2) is 6.33. The van der Waals surface area contributed by atoms with Crippen LogP contribution in [0, 0.1) is 19.7 Å². The Labute approximate surface area is 124 Å². The molecule has 0 saturated heterocycles. The smallest absolute Gasteiger partial charge is 0.126 e. The van der Waals surface area contributed by atoms with Crippen molar-refractivity contribution in [2.45, 2.75) is 26.3 Å². The monoisotopic (exact) mass is 292 g/mol. The highest BCUT2D eigenvalue weighted by Gasteiger charge is 2.14. The predicted octanol–water partition coefficient (Wildman–Crippen LogP) is 3.99. The molecule has 20 heavy (non-hydrogen) atoms. The average Bonchev–Trinajstić information content (AvgIpc) is 2.38. The fourth-order valence-corrected chi connectivity index (χ4v) is 2.57. The molecular weight excluding hydrogens is 275 g/mol. The minimum absolute atomic E-state index is 0.0309. The Morgan fingerprint density at radius 3 is 2.45 bits per heavy atom. The number of likely N-dealkylation sites (N-methyl/N-ethyl adjacent to an activating group) is 1. The van der Waals surface area contributed by atoms with Gasteiger partial charge >= 0.3 is 0 Å². The molecule has 1 aromatic carbocycles. The Morgan fingerprint density at radius 1 is 1.20 bits per heavy atom. The van der Waals surface area contributed by atoms with E-state index in [4.69, 9.17) is 11.6 Å². The van der Waals surface area contributed by atoms with Crippen molar-refractivity contribution in [3.05, 3.63) is 63.7 Å². The molecule has 0 radical (unpaired) electrons. The Bertz CT molecular complexity index is 593. The molecule has 0 amide bonds. The lowest BCUT2D eigenvalue weighted by molar-refractivity contribution is 0.553. The highest BCUT2D eigenvalue weighted by atomic mass is 35.5. The van der Waals surface area contributed by atoms with Crippen molar-refractivity contribution in [3.8, 4) is 0 Å². The lowest BCUT2D eigenvalue weighted by atomic mass is 9.98. The molecule has 0 spiro atoms. The van der Waals surface area contributed by atoms with Gasteiger partial charge in [-0.2, -0.15) is 0 Å². The molecule has 0 bridgehead atoms. The van der Waals surface area contributed by atoms with Gasteiger partial charge in [-0.25, -0.2) is 4.39 Å². The number of hydrogen-bond acceptors (Lipinski definition) is 2. The molecule has 1 unspecified atom stereocenters. The zero-order valence-corrected chi connectivity index (χ0v) is 12.6. The van der Waals surface area contributed by atoms with Gasteiger partial charge in [-0.05, 0) is 68.8 Å². The maximum atomic E-state index is 13.8. The van der Waals surface area contributed by atoms with Crippen LogP contribution in [0.1, 0.15) is 28.6 Å². The van der Waals surface area contributed by atoms with Crippen LogP contribution < -0.4 is 5.32 Å². The minimum Gasteiger partial charge on any atom is -0.313 e. The summed E-state index contributed by atoms with van der Waals surface area (Å²) in [6.45, 7) is 3.92. The van der Waals surface area contributed by atoms with E-state index < -0.39 is 0 Å². The number of aromatic nitrogens is 1. The van der Waals surface area contributed by atoms with Crippen molar-refractivity contribution >= 4 is 11.6 Å². The molecule has 1 aromatic heterocycles. The first-order chi connectivity index (χ1) is 9.49. The molecule has 1 heterocycles. The summed E-state index contributed by atoms with van der Waals surface area (Å²) >= 11 is 5.94. The van der Waals surface area contributed by atoms with E-state index >= 15 is 0 Å². The van der Waals surface area contributed by atoms with Gasteiger partial charge in [0.2, 0.25) is 0 Å². The fraction of sp³-hybridized carbons (Fsp3) is 0.312. The second-order valence-electron chi connectivity index (χ2n) is 4.96. The molecule has 2 aromatic rings. The van der Waals surface area contributed by atoms with Gasteiger partial charge in [-0.15, -0.1) is 0 Å². The van der Waals surface area contributed by atoms with Crippen molar-refractivity contribution in [2.24, 2.45) is 0 Å². The summed E-state index contributed by atoms with van der Waals surface area (Å²) in [6, 6.07) is 8.74. The van der Waals surface area contributed by atoms with Crippen molar-refractivity contribution < 1.29 is 4.39 Å². The van der Waals surface area contributed by atoms with Crippen LogP contribution in [0.25, 0.3) is 0 Å². The summed E-state index contributed by atoms with van der Waals surface area (Å²) in [4.78, 5) is 4.37. The van der Waals surface area contributed by atoms with Crippen LogP contribution in [0.4, 0.5) is 4.39 Å². The lowest BCUT2D eigenvalue weighted by Gasteiger charge is -2.18. The van der Waals surface area contributed by atoms with Crippen molar-refractivity contribution in [3.63, 3.8) is 0 Å². The minimum atomic E-state index is -0.225. The molecule has 2 rings (SSSR count). The second-order valence-corrected chi connectivity index (χ2v) is 5.40. The van der Waals surface area contributed by atoms with Crippen molar-refractivity contribution in [2.75, 3.05) is 7.05 Å². The number of pyridine rings is 1. The van der Waals surface area contributed by atoms with Crippen LogP contribution in [0.5, 0.6) is 0 Å². The first-order valence-electron chi connectivity index (χ1n) is 6.56. The number of rotatable bonds is 4. The van der Waals surface area contributed by atoms with E-state index in [1.54, 1.807) is 12.1 Å². The van der Waals surface area contributed by atoms with Gasteiger partial charge in [0.05, 0.1) is 0 Å². The lowest BCUT2D eigenvalue weighted by Crippen LogP contribution is -2.20. The quantitative estimate of drug-likeness (QED) is 0.921. The van der Waals surface area contributed by atoms with Crippen LogP contribution in [0.2, 0.25) is 5.02 Å². The van der Waals surface area contributed by atoms with E-state index in [1.165, 1.54) is 6.07 Å². The zero-order valence-electron chi connectivity index (χ0n) is 11.9. The summed E-state index contributed by atoms with van der Waals surface area (Å²) in [5.41, 5.74) is 3.65. The number of benzene rings is 1. The zero-order chi connectivity index (χ0) is 14.7. The van der Waals surface area contributed by atoms with Gasteiger partial charge in [0, 0.05) is 22.5 Å². The molecule has 0 saturated carbocycles. The topological polar surface area (TPSA) is 24.9 Å². The molecule has 4 heteroatoms. The summed E-state index contributed by atoms with van der Waals surface area (Å²) in [6.07, 6.45) is 0.547. The van der Waals surface area contributed by atoms with E-state index in [9.17, 15) is 4.39 Å². The SMILES string of the molecule is CNC(Cc1cc(Cl)ccc1F)c1cc(C)nc(C)c1. The number of nitrogens with zero attached hydrogens (tertiary/aromatic N) is 1. The predicted molar refractivity (Wildman–Crippen MR) is 80.6 cm³/mol. The van der Waals surface area contributed by atoms with Crippen molar-refractivity contribution in [1.82, 2.24) is 10.3 Å². The Kier molecular flexibility index (Phi) is 4.73. The summed E-state index contributed by atoms with van der Waals surface area (Å²) in [5.74, 6) is -0.225. The first kappa shape index (κ1) is 14.9. The molecule has 0 fully saturated rings. The summed E-state index contributed by atoms with van der Waals surface area (Å²) < 4.78 is 13.8. The molecule has 2 nitrogen and oxygen atoms in total. The molecule has 0 aliphatic rings. The molecule has 106 valence electrons. The van der Waals surface area contributed by atoms with Gasteiger partial charge in [0.25, 0.3) is 0 Å². The van der Waals surface area contributed by atoms with Gasteiger partial charge < -0.3 is 5.32 Å². The molecule has 0 aliphatic heterocycles. The van der Waals surface area contributed by atoms with Gasteiger partial charge in [0.15, 0.2) is 0 Å². The molecule has 1 N–H and O–H groups in total. The summed E-state index contributed by atoms with van der Waals surface area (Å²) in [5, 5.41) is 3.78. The van der Waals surface area contributed by atoms with E-state index in [1.807, 2.05) is 33.0 Å². The fourth-order valence-electron chi connectivity index (χ4n) is 2.37. The standard InChI is InChI=1S/C16H18ClFN2/c1-10-6-13(7-11(2)20-10)16(19-3)9-12-8-14(17)4-5-15(12)18/h4-8,16,19H,9H2,1-3H3. The highest BCUT2D eigenvalue weighted by Crippen LogP contribution is 2.23. The van der Waals surface area contributed by atoms with E-state index in [2.05, 4.69) is 10.3 Å². The third-order valence-electron chi connectivity index (χ3n) is 3.29. The maximum absolute atomic E-state index is 13.8. The Morgan fingerprint density at radius 2 is 1.85 bits per heavy atom. The average molecular weight is 293 g/mol. The first-order valence-corrected chi connectivity index (χ1v) is 6.94. The normalized spacial score (nSPS) is 12.4. The van der Waals surface area contributed by atoms with E-state index in [-0.39, 0.29) is 11.9 Å². The van der Waals surface area contributed by atoms with Crippen LogP contribution in [0.3, 0.4) is 0 Å². The number of hydrogen-bond donors (Lipinski definition) is 1. The number of aryl methyl sites for hydroxylation is 2. The highest BCUT2D eigenvalue weighted by molar-refractivity contribution is 6.30. The maximum Gasteiger partial charge on any atom is 0.126 e. The van der Waals surface area contributed by atoms with Crippen molar-refractivity contribution in [1.29, 1.82) is 0 Å². The van der Waals surface area contributed by atoms with E-state index in [0.717, 1.165) is 17.0 Å². The Hall–Kier alpha value is -1.45. The van der Waals surface area contributed by atoms with Gasteiger partial charge in [0.1, 0.15) is 5.82 Å². The number of halogens is 2. The van der Waals surface area contributed by atoms with Gasteiger partial charge in [-0.3, -0.25) is 4.98 Å². The molecule has 0 aliphatic carbocycles. The van der Waals surface area contributed by atoms with Crippen LogP contribution in [0.15, 0.2) is 30.3 Å². The largest absolute Gasteiger partial charge is 0.313 e. The third-order valence-corrected chi connectivity index (χ3v) is 3.52. The number of nitrogens with one attached hydrogen (secondary N) is 1. The van der Waals surface area contributed by atoms with E-state index in [0.29, 0.717) is 17.0 Å². The van der Waals surface area contributed by atoms with Gasteiger partial charge in [-0.1, -0.05) is 11.6 Å². The molecule has 1 atom stereocenters. The van der Waals surface area contributed by atoms with Crippen LogP contribution >= 0.6 is 11.6 Å².